The fraction of sp³-hybridized carbons (Fsp3) is 0.625. The van der Waals surface area contributed by atoms with Crippen LogP contribution in [0.25, 0.3) is 0 Å². The van der Waals surface area contributed by atoms with Gasteiger partial charge < -0.3 is 15.1 Å². The van der Waals surface area contributed by atoms with Crippen LogP contribution < -0.4 is 5.32 Å². The van der Waals surface area contributed by atoms with Crippen LogP contribution in [0.2, 0.25) is 0 Å². The Labute approximate surface area is 117 Å². The highest BCUT2D eigenvalue weighted by atomic mass is 15.2. The molecule has 1 N–H and O–H groups in total. The molecule has 1 aromatic rings. The Hall–Kier alpha value is -0.900. The average Bonchev–Trinajstić information content (AvgIpc) is 2.43. The summed E-state index contributed by atoms with van der Waals surface area (Å²) in [7, 11) is 2.21. The number of nitrogens with one attached hydrogen (secondary N) is 1. The van der Waals surface area contributed by atoms with Gasteiger partial charge in [0.2, 0.25) is 0 Å². The second-order valence-electron chi connectivity index (χ2n) is 5.66. The SMILES string of the molecule is Cc1ccc(CNCCCN2CCN(C)CC2)cc1. The Kier molecular flexibility index (Phi) is 5.83. The molecule has 19 heavy (non-hydrogen) atoms. The highest BCUT2D eigenvalue weighted by Crippen LogP contribution is 2.03. The van der Waals surface area contributed by atoms with Gasteiger partial charge in [-0.2, -0.15) is 0 Å². The van der Waals surface area contributed by atoms with Crippen LogP contribution >= 0.6 is 0 Å². The first kappa shape index (κ1) is 14.5. The minimum Gasteiger partial charge on any atom is -0.313 e. The smallest absolute Gasteiger partial charge is 0.0205 e. The molecular weight excluding hydrogens is 234 g/mol. The minimum atomic E-state index is 0.989. The Morgan fingerprint density at radius 3 is 2.42 bits per heavy atom. The zero-order valence-electron chi connectivity index (χ0n) is 12.4. The van der Waals surface area contributed by atoms with E-state index in [1.807, 2.05) is 0 Å². The normalized spacial score (nSPS) is 17.8. The van der Waals surface area contributed by atoms with Gasteiger partial charge >= 0.3 is 0 Å². The number of likely N-dealkylation sites (N-methyl/N-ethyl adjacent to an activating group) is 1. The van der Waals surface area contributed by atoms with Crippen LogP contribution in [-0.4, -0.2) is 56.1 Å². The lowest BCUT2D eigenvalue weighted by molar-refractivity contribution is 0.153. The number of hydrogen-bond donors (Lipinski definition) is 1. The summed E-state index contributed by atoms with van der Waals surface area (Å²) in [6.45, 7) is 10.4. The van der Waals surface area contributed by atoms with Crippen molar-refractivity contribution in [2.45, 2.75) is 19.9 Å². The van der Waals surface area contributed by atoms with Gasteiger partial charge in [-0.1, -0.05) is 29.8 Å². The summed E-state index contributed by atoms with van der Waals surface area (Å²) in [6.07, 6.45) is 1.25. The molecule has 1 heterocycles. The first-order valence-electron chi connectivity index (χ1n) is 7.41. The first-order valence-corrected chi connectivity index (χ1v) is 7.41. The van der Waals surface area contributed by atoms with Crippen molar-refractivity contribution in [3.05, 3.63) is 35.4 Å². The van der Waals surface area contributed by atoms with E-state index in [1.165, 1.54) is 50.3 Å². The molecule has 1 aliphatic rings. The van der Waals surface area contributed by atoms with Crippen LogP contribution in [0.3, 0.4) is 0 Å². The minimum absolute atomic E-state index is 0.989. The standard InChI is InChI=1S/C16H27N3/c1-15-4-6-16(7-5-15)14-17-8-3-9-19-12-10-18(2)11-13-19/h4-7,17H,3,8-14H2,1-2H3. The second kappa shape index (κ2) is 7.63. The van der Waals surface area contributed by atoms with Gasteiger partial charge in [-0.3, -0.25) is 0 Å². The van der Waals surface area contributed by atoms with E-state index in [-0.39, 0.29) is 0 Å². The third-order valence-corrected chi connectivity index (χ3v) is 3.87. The average molecular weight is 261 g/mol. The molecule has 2 rings (SSSR count). The maximum Gasteiger partial charge on any atom is 0.0205 e. The van der Waals surface area contributed by atoms with Crippen molar-refractivity contribution in [3.8, 4) is 0 Å². The highest BCUT2D eigenvalue weighted by molar-refractivity contribution is 5.20. The van der Waals surface area contributed by atoms with E-state index in [9.17, 15) is 0 Å². The lowest BCUT2D eigenvalue weighted by Crippen LogP contribution is -2.45. The van der Waals surface area contributed by atoms with Gasteiger partial charge in [0.25, 0.3) is 0 Å². The third kappa shape index (κ3) is 5.31. The second-order valence-corrected chi connectivity index (χ2v) is 5.66. The molecule has 1 aromatic carbocycles. The summed E-state index contributed by atoms with van der Waals surface area (Å²) in [5, 5.41) is 3.53. The fourth-order valence-electron chi connectivity index (χ4n) is 2.44. The number of rotatable bonds is 6. The summed E-state index contributed by atoms with van der Waals surface area (Å²) in [6, 6.07) is 8.79. The largest absolute Gasteiger partial charge is 0.313 e. The Morgan fingerprint density at radius 1 is 1.05 bits per heavy atom. The van der Waals surface area contributed by atoms with Gasteiger partial charge in [-0.15, -0.1) is 0 Å². The van der Waals surface area contributed by atoms with E-state index in [0.717, 1.165) is 13.1 Å². The summed E-state index contributed by atoms with van der Waals surface area (Å²) < 4.78 is 0. The molecule has 0 aromatic heterocycles. The Bertz CT molecular complexity index is 353. The first-order chi connectivity index (χ1) is 9.24. The topological polar surface area (TPSA) is 18.5 Å². The zero-order valence-corrected chi connectivity index (χ0v) is 12.4. The van der Waals surface area contributed by atoms with E-state index in [2.05, 4.69) is 53.4 Å². The molecule has 1 fully saturated rings. The van der Waals surface area contributed by atoms with E-state index < -0.39 is 0 Å². The molecule has 0 bridgehead atoms. The summed E-state index contributed by atoms with van der Waals surface area (Å²) in [5.41, 5.74) is 2.71. The summed E-state index contributed by atoms with van der Waals surface area (Å²) >= 11 is 0. The van der Waals surface area contributed by atoms with Crippen molar-refractivity contribution < 1.29 is 0 Å². The van der Waals surface area contributed by atoms with Crippen molar-refractivity contribution in [1.82, 2.24) is 15.1 Å². The maximum absolute atomic E-state index is 3.53. The predicted molar refractivity (Wildman–Crippen MR) is 81.4 cm³/mol. The lowest BCUT2D eigenvalue weighted by atomic mass is 10.1. The molecule has 1 saturated heterocycles. The van der Waals surface area contributed by atoms with Crippen LogP contribution in [0, 0.1) is 6.92 Å². The van der Waals surface area contributed by atoms with Crippen LogP contribution in [0.15, 0.2) is 24.3 Å². The molecule has 0 radical (unpaired) electrons. The van der Waals surface area contributed by atoms with Gasteiger partial charge in [0.1, 0.15) is 0 Å². The van der Waals surface area contributed by atoms with Crippen LogP contribution in [-0.2, 0) is 6.54 Å². The van der Waals surface area contributed by atoms with Crippen LogP contribution in [0.5, 0.6) is 0 Å². The van der Waals surface area contributed by atoms with E-state index in [0.29, 0.717) is 0 Å². The van der Waals surface area contributed by atoms with E-state index in [4.69, 9.17) is 0 Å². The lowest BCUT2D eigenvalue weighted by Gasteiger charge is -2.32. The van der Waals surface area contributed by atoms with Crippen LogP contribution in [0.4, 0.5) is 0 Å². The van der Waals surface area contributed by atoms with E-state index >= 15 is 0 Å². The van der Waals surface area contributed by atoms with E-state index in [1.54, 1.807) is 0 Å². The molecule has 0 unspecified atom stereocenters. The number of piperazine rings is 1. The molecule has 0 spiro atoms. The molecule has 0 amide bonds. The Morgan fingerprint density at radius 2 is 1.74 bits per heavy atom. The molecule has 1 aliphatic heterocycles. The number of nitrogens with zero attached hydrogens (tertiary/aromatic N) is 2. The molecule has 0 saturated carbocycles. The van der Waals surface area contributed by atoms with Gasteiger partial charge in [0.05, 0.1) is 0 Å². The number of aryl methyl sites for hydroxylation is 1. The molecule has 0 aliphatic carbocycles. The summed E-state index contributed by atoms with van der Waals surface area (Å²) in [4.78, 5) is 4.99. The van der Waals surface area contributed by atoms with Gasteiger partial charge in [-0.05, 0) is 39.0 Å². The zero-order chi connectivity index (χ0) is 13.5. The maximum atomic E-state index is 3.53. The Balaban J connectivity index is 1.53. The van der Waals surface area contributed by atoms with Crippen molar-refractivity contribution in [2.24, 2.45) is 0 Å². The van der Waals surface area contributed by atoms with Crippen molar-refractivity contribution in [3.63, 3.8) is 0 Å². The van der Waals surface area contributed by atoms with Crippen molar-refractivity contribution in [1.29, 1.82) is 0 Å². The molecule has 3 heteroatoms. The van der Waals surface area contributed by atoms with Crippen molar-refractivity contribution in [2.75, 3.05) is 46.3 Å². The van der Waals surface area contributed by atoms with Crippen molar-refractivity contribution >= 4 is 0 Å². The van der Waals surface area contributed by atoms with Crippen LogP contribution in [0.1, 0.15) is 17.5 Å². The van der Waals surface area contributed by atoms with Gasteiger partial charge in [-0.25, -0.2) is 0 Å². The monoisotopic (exact) mass is 261 g/mol. The molecule has 3 nitrogen and oxygen atoms in total. The molecular formula is C16H27N3. The fourth-order valence-corrected chi connectivity index (χ4v) is 2.44. The van der Waals surface area contributed by atoms with Gasteiger partial charge in [0, 0.05) is 32.7 Å². The molecule has 106 valence electrons. The third-order valence-electron chi connectivity index (χ3n) is 3.87. The quantitative estimate of drug-likeness (QED) is 0.787. The number of hydrogen-bond acceptors (Lipinski definition) is 3. The molecule has 0 atom stereocenters. The predicted octanol–water partition coefficient (Wildman–Crippen LogP) is 1.72. The summed E-state index contributed by atoms with van der Waals surface area (Å²) in [5.74, 6) is 0. The number of benzene rings is 1. The van der Waals surface area contributed by atoms with Gasteiger partial charge in [0.15, 0.2) is 0 Å². The highest BCUT2D eigenvalue weighted by Gasteiger charge is 2.12.